The lowest BCUT2D eigenvalue weighted by Gasteiger charge is -2.25. The predicted octanol–water partition coefficient (Wildman–Crippen LogP) is 4.44. The second-order valence-corrected chi connectivity index (χ2v) is 12.7. The number of alkyl halides is 3. The molecule has 1 heterocycles. The first-order chi connectivity index (χ1) is 19.6. The topological polar surface area (TPSA) is 119 Å². The van der Waals surface area contributed by atoms with Crippen LogP contribution in [0.25, 0.3) is 0 Å². The third kappa shape index (κ3) is 7.89. The van der Waals surface area contributed by atoms with Crippen LogP contribution in [0.2, 0.25) is 0 Å². The number of esters is 1. The van der Waals surface area contributed by atoms with Gasteiger partial charge in [0.2, 0.25) is 10.0 Å². The van der Waals surface area contributed by atoms with E-state index in [0.29, 0.717) is 17.1 Å². The van der Waals surface area contributed by atoms with Crippen molar-refractivity contribution in [1.29, 1.82) is 0 Å². The third-order valence-electron chi connectivity index (χ3n) is 6.99. The molecular weight excluding hydrogens is 571 g/mol. The molecule has 2 unspecified atom stereocenters. The van der Waals surface area contributed by atoms with Gasteiger partial charge in [0.15, 0.2) is 5.75 Å². The van der Waals surface area contributed by atoms with E-state index in [2.05, 4.69) is 5.32 Å². The number of carbonyl (C=O) groups is 2. The number of nitrogens with two attached hydrogens (primary N) is 1. The molecular formula is C30H32F3N3O5S. The van der Waals surface area contributed by atoms with Crippen LogP contribution in [0.4, 0.5) is 18.9 Å². The van der Waals surface area contributed by atoms with Crippen molar-refractivity contribution in [1.82, 2.24) is 5.32 Å². The van der Waals surface area contributed by atoms with Gasteiger partial charge in [-0.3, -0.25) is 13.9 Å². The number of carbonyl (C=O) groups excluding carboxylic acids is 2. The van der Waals surface area contributed by atoms with Crippen LogP contribution < -0.4 is 15.4 Å². The minimum Gasteiger partial charge on any atom is -0.459 e. The van der Waals surface area contributed by atoms with E-state index in [1.54, 1.807) is 0 Å². The fourth-order valence-corrected chi connectivity index (χ4v) is 5.83. The fourth-order valence-electron chi connectivity index (χ4n) is 4.80. The van der Waals surface area contributed by atoms with Crippen molar-refractivity contribution in [2.45, 2.75) is 50.6 Å². The van der Waals surface area contributed by atoms with Crippen LogP contribution in [0, 0.1) is 0 Å². The van der Waals surface area contributed by atoms with Gasteiger partial charge in [-0.15, -0.1) is 0 Å². The van der Waals surface area contributed by atoms with E-state index in [1.165, 1.54) is 25.1 Å². The molecule has 4 bridgehead atoms. The van der Waals surface area contributed by atoms with Crippen LogP contribution in [0.3, 0.4) is 0 Å². The number of nitrogens with one attached hydrogen (secondary N) is 1. The summed E-state index contributed by atoms with van der Waals surface area (Å²) in [7, 11) is -3.87. The monoisotopic (exact) mass is 603 g/mol. The van der Waals surface area contributed by atoms with Gasteiger partial charge in [0, 0.05) is 19.0 Å². The molecule has 4 rings (SSSR count). The quantitative estimate of drug-likeness (QED) is 0.426. The Labute approximate surface area is 242 Å². The summed E-state index contributed by atoms with van der Waals surface area (Å²) >= 11 is 0. The Morgan fingerprint density at radius 2 is 1.69 bits per heavy atom. The zero-order valence-corrected chi connectivity index (χ0v) is 24.0. The number of anilines is 1. The number of rotatable bonds is 4. The zero-order valence-electron chi connectivity index (χ0n) is 23.1. The van der Waals surface area contributed by atoms with Crippen LogP contribution >= 0.6 is 0 Å². The Kier molecular flexibility index (Phi) is 8.98. The Hall–Kier alpha value is -3.90. The summed E-state index contributed by atoms with van der Waals surface area (Å²) < 4.78 is 70.1. The molecule has 1 aliphatic rings. The molecule has 0 aromatic heterocycles. The Balaban J connectivity index is 1.77. The van der Waals surface area contributed by atoms with Crippen LogP contribution in [-0.2, 0) is 39.0 Å². The van der Waals surface area contributed by atoms with Gasteiger partial charge in [-0.1, -0.05) is 54.6 Å². The second kappa shape index (κ2) is 12.1. The van der Waals surface area contributed by atoms with E-state index in [1.807, 2.05) is 54.6 Å². The molecule has 3 aromatic carbocycles. The van der Waals surface area contributed by atoms with Crippen molar-refractivity contribution in [2.75, 3.05) is 17.1 Å². The second-order valence-electron chi connectivity index (χ2n) is 10.7. The predicted molar refractivity (Wildman–Crippen MR) is 152 cm³/mol. The number of nitrogens with zero attached hydrogens (tertiary/aromatic N) is 1. The molecule has 12 heteroatoms. The van der Waals surface area contributed by atoms with Crippen molar-refractivity contribution in [3.05, 3.63) is 101 Å². The Morgan fingerprint density at radius 1 is 1.00 bits per heavy atom. The van der Waals surface area contributed by atoms with Crippen LogP contribution in [-0.4, -0.2) is 44.8 Å². The maximum absolute atomic E-state index is 13.6. The minimum atomic E-state index is -4.97. The van der Waals surface area contributed by atoms with Gasteiger partial charge in [-0.2, -0.15) is 13.2 Å². The fraction of sp³-hybridized carbons (Fsp3) is 0.333. The molecule has 0 fully saturated rings. The number of aryl methyl sites for hydroxylation is 1. The van der Waals surface area contributed by atoms with Gasteiger partial charge < -0.3 is 15.8 Å². The molecule has 3 aromatic rings. The average Bonchev–Trinajstić information content (AvgIpc) is 2.92. The van der Waals surface area contributed by atoms with E-state index in [-0.39, 0.29) is 23.2 Å². The highest BCUT2D eigenvalue weighted by Crippen LogP contribution is 2.27. The highest BCUT2D eigenvalue weighted by atomic mass is 32.2. The number of cyclic esters (lactones) is 1. The molecule has 42 heavy (non-hydrogen) atoms. The SMILES string of the molecule is CN(c1cc2cc(c1)C(=O)NC(c1ccccc1)CCc1cccc(c1)CC(C)(N)C(=O)OC2)S(=O)(=O)CC(F)(F)F. The van der Waals surface area contributed by atoms with Crippen molar-refractivity contribution in [3.63, 3.8) is 0 Å². The Bertz CT molecular complexity index is 1560. The van der Waals surface area contributed by atoms with Crippen molar-refractivity contribution >= 4 is 27.6 Å². The minimum absolute atomic E-state index is 0.0156. The Morgan fingerprint density at radius 3 is 2.38 bits per heavy atom. The molecule has 2 atom stereocenters. The first-order valence-electron chi connectivity index (χ1n) is 13.2. The number of benzene rings is 3. The number of halogens is 3. The summed E-state index contributed by atoms with van der Waals surface area (Å²) in [5, 5.41) is 2.98. The van der Waals surface area contributed by atoms with Gasteiger partial charge in [-0.05, 0) is 60.2 Å². The number of hydrogen-bond donors (Lipinski definition) is 2. The lowest BCUT2D eigenvalue weighted by Crippen LogP contribution is -2.48. The van der Waals surface area contributed by atoms with Crippen LogP contribution in [0.5, 0.6) is 0 Å². The molecule has 3 N–H and O–H groups in total. The van der Waals surface area contributed by atoms with Crippen molar-refractivity contribution in [2.24, 2.45) is 5.73 Å². The van der Waals surface area contributed by atoms with Gasteiger partial charge in [0.1, 0.15) is 12.1 Å². The molecule has 1 amide bonds. The molecule has 224 valence electrons. The number of sulfonamides is 1. The standard InChI is InChI=1S/C30H32F3N3O5S/c1-29(34)17-21-8-6-7-20(13-21)11-12-26(23-9-4-3-5-10-23)35-27(37)24-14-22(18-41-28(29)38)15-25(16-24)36(2)42(39,40)19-30(31,32)33/h3-10,13-16,26H,11-12,17-19,34H2,1-2H3,(H,35,37). The number of hydrogen-bond acceptors (Lipinski definition) is 6. The number of amides is 1. The van der Waals surface area contributed by atoms with Gasteiger partial charge in [0.25, 0.3) is 5.91 Å². The molecule has 0 aliphatic carbocycles. The summed E-state index contributed by atoms with van der Waals surface area (Å²) in [6.07, 6.45) is -3.71. The largest absolute Gasteiger partial charge is 0.459 e. The summed E-state index contributed by atoms with van der Waals surface area (Å²) in [4.78, 5) is 26.5. The molecule has 0 spiro atoms. The normalized spacial score (nSPS) is 20.4. The van der Waals surface area contributed by atoms with E-state index >= 15 is 0 Å². The van der Waals surface area contributed by atoms with Gasteiger partial charge >= 0.3 is 12.1 Å². The van der Waals surface area contributed by atoms with Crippen LogP contribution in [0.1, 0.15) is 52.0 Å². The first kappa shape index (κ1) is 31.0. The van der Waals surface area contributed by atoms with E-state index in [9.17, 15) is 31.2 Å². The first-order valence-corrected chi connectivity index (χ1v) is 14.8. The van der Waals surface area contributed by atoms with Crippen molar-refractivity contribution < 1.29 is 35.9 Å². The zero-order chi connectivity index (χ0) is 30.7. The summed E-state index contributed by atoms with van der Waals surface area (Å²) in [5.74, 6) is -3.40. The number of fused-ring (bicyclic) bond motifs is 4. The molecule has 0 radical (unpaired) electrons. The summed E-state index contributed by atoms with van der Waals surface area (Å²) in [6, 6.07) is 20.3. The molecule has 8 nitrogen and oxygen atoms in total. The van der Waals surface area contributed by atoms with Crippen LogP contribution in [0.15, 0.2) is 72.8 Å². The highest BCUT2D eigenvalue weighted by molar-refractivity contribution is 7.92. The van der Waals surface area contributed by atoms with E-state index < -0.39 is 52.0 Å². The van der Waals surface area contributed by atoms with E-state index in [0.717, 1.165) is 23.7 Å². The smallest absolute Gasteiger partial charge is 0.404 e. The number of ether oxygens (including phenoxy) is 1. The molecule has 1 aliphatic heterocycles. The summed E-state index contributed by atoms with van der Waals surface area (Å²) in [6.45, 7) is 1.14. The average molecular weight is 604 g/mol. The maximum atomic E-state index is 13.6. The summed E-state index contributed by atoms with van der Waals surface area (Å²) in [5.41, 5.74) is 7.54. The lowest BCUT2D eigenvalue weighted by atomic mass is 9.91. The van der Waals surface area contributed by atoms with Gasteiger partial charge in [0.05, 0.1) is 11.7 Å². The molecule has 0 saturated heterocycles. The molecule has 0 saturated carbocycles. The highest BCUT2D eigenvalue weighted by Gasteiger charge is 2.38. The van der Waals surface area contributed by atoms with E-state index in [4.69, 9.17) is 10.5 Å². The van der Waals surface area contributed by atoms with Gasteiger partial charge in [-0.25, -0.2) is 8.42 Å². The lowest BCUT2D eigenvalue weighted by molar-refractivity contribution is -0.150. The third-order valence-corrected chi connectivity index (χ3v) is 8.73. The maximum Gasteiger partial charge on any atom is 0.404 e. The van der Waals surface area contributed by atoms with Crippen molar-refractivity contribution in [3.8, 4) is 0 Å².